The van der Waals surface area contributed by atoms with Crippen molar-refractivity contribution in [1.82, 2.24) is 25.0 Å². The Morgan fingerprint density at radius 1 is 0.944 bits per heavy atom. The van der Waals surface area contributed by atoms with Crippen LogP contribution in [0.4, 0.5) is 4.79 Å². The molecule has 2 unspecified atom stereocenters. The van der Waals surface area contributed by atoms with E-state index in [-0.39, 0.29) is 18.1 Å². The molecule has 1 aliphatic heterocycles. The lowest BCUT2D eigenvalue weighted by molar-refractivity contribution is 0.187. The molecular weight excluding hydrogens is 493 g/mol. The van der Waals surface area contributed by atoms with Crippen LogP contribution in [0.2, 0.25) is 10.0 Å². The van der Waals surface area contributed by atoms with Gasteiger partial charge in [0.1, 0.15) is 5.82 Å². The highest BCUT2D eigenvalue weighted by molar-refractivity contribution is 6.30. The van der Waals surface area contributed by atoms with Gasteiger partial charge in [0.2, 0.25) is 0 Å². The summed E-state index contributed by atoms with van der Waals surface area (Å²) in [6.07, 6.45) is 1.74. The predicted octanol–water partition coefficient (Wildman–Crippen LogP) is 6.58. The van der Waals surface area contributed by atoms with Crippen molar-refractivity contribution in [2.75, 3.05) is 6.54 Å². The first-order valence-electron chi connectivity index (χ1n) is 12.0. The number of carbonyl (C=O) groups excluding carboxylic acids is 1. The van der Waals surface area contributed by atoms with Crippen molar-refractivity contribution in [3.63, 3.8) is 0 Å². The molecule has 2 heterocycles. The Balaban J connectivity index is 1.40. The minimum atomic E-state index is -0.300. The number of rotatable bonds is 6. The molecule has 0 radical (unpaired) electrons. The number of aryl methyl sites for hydroxylation is 1. The van der Waals surface area contributed by atoms with Crippen molar-refractivity contribution < 1.29 is 4.79 Å². The van der Waals surface area contributed by atoms with Gasteiger partial charge >= 0.3 is 6.03 Å². The number of aromatic nitrogens is 3. The van der Waals surface area contributed by atoms with Gasteiger partial charge in [-0.15, -0.1) is 10.2 Å². The summed E-state index contributed by atoms with van der Waals surface area (Å²) in [6, 6.07) is 24.8. The zero-order valence-electron chi connectivity index (χ0n) is 19.9. The molecule has 4 aromatic rings. The number of urea groups is 1. The Morgan fingerprint density at radius 2 is 1.58 bits per heavy atom. The van der Waals surface area contributed by atoms with Crippen molar-refractivity contribution >= 4 is 29.2 Å². The number of carbonyl (C=O) groups is 1. The molecule has 3 aromatic carbocycles. The van der Waals surface area contributed by atoms with Crippen LogP contribution in [0.5, 0.6) is 0 Å². The minimum Gasteiger partial charge on any atom is -0.327 e. The second-order valence-electron chi connectivity index (χ2n) is 9.01. The van der Waals surface area contributed by atoms with Crippen LogP contribution < -0.4 is 5.32 Å². The summed E-state index contributed by atoms with van der Waals surface area (Å²) < 4.78 is 2.09. The number of nitrogens with one attached hydrogen (secondary N) is 1. The van der Waals surface area contributed by atoms with Crippen molar-refractivity contribution in [3.05, 3.63) is 117 Å². The minimum absolute atomic E-state index is 0.125. The van der Waals surface area contributed by atoms with Gasteiger partial charge in [0.15, 0.2) is 5.82 Å². The van der Waals surface area contributed by atoms with E-state index in [0.29, 0.717) is 23.1 Å². The number of hydrogen-bond donors (Lipinski definition) is 1. The largest absolute Gasteiger partial charge is 0.327 e. The fourth-order valence-electron chi connectivity index (χ4n) is 4.76. The molecule has 1 aromatic heterocycles. The lowest BCUT2D eigenvalue weighted by Crippen LogP contribution is -2.42. The predicted molar refractivity (Wildman–Crippen MR) is 142 cm³/mol. The van der Waals surface area contributed by atoms with E-state index in [1.165, 1.54) is 0 Å². The van der Waals surface area contributed by atoms with Gasteiger partial charge in [0.25, 0.3) is 0 Å². The fraction of sp³-hybridized carbons (Fsp3) is 0.250. The molecule has 0 aliphatic carbocycles. The summed E-state index contributed by atoms with van der Waals surface area (Å²) in [6.45, 7) is 3.22. The SMILES string of the molecule is Cc1nnc(C2CCCN2C(=O)NC(c2ccccc2)c2ccc(Cl)cc2)n1Cc1ccc(Cl)cc1. The second kappa shape index (κ2) is 10.7. The summed E-state index contributed by atoms with van der Waals surface area (Å²) in [5, 5.41) is 13.5. The molecule has 0 spiro atoms. The maximum absolute atomic E-state index is 13.7. The molecule has 8 heteroatoms. The molecule has 5 rings (SSSR count). The van der Waals surface area contributed by atoms with E-state index in [1.54, 1.807) is 0 Å². The Bertz CT molecular complexity index is 1320. The maximum atomic E-state index is 13.7. The van der Waals surface area contributed by atoms with Crippen molar-refractivity contribution in [1.29, 1.82) is 0 Å². The summed E-state index contributed by atoms with van der Waals surface area (Å²) in [7, 11) is 0. The number of nitrogens with zero attached hydrogens (tertiary/aromatic N) is 4. The molecule has 1 N–H and O–H groups in total. The molecule has 2 amide bonds. The van der Waals surface area contributed by atoms with E-state index in [2.05, 4.69) is 20.1 Å². The van der Waals surface area contributed by atoms with E-state index < -0.39 is 0 Å². The first-order chi connectivity index (χ1) is 17.5. The number of amides is 2. The third-order valence-corrected chi connectivity index (χ3v) is 7.14. The first-order valence-corrected chi connectivity index (χ1v) is 12.8. The Morgan fingerprint density at radius 3 is 2.28 bits per heavy atom. The van der Waals surface area contributed by atoms with Gasteiger partial charge in [-0.2, -0.15) is 0 Å². The van der Waals surface area contributed by atoms with Crippen LogP contribution in [0.3, 0.4) is 0 Å². The molecular formula is C28H27Cl2N5O. The first kappa shape index (κ1) is 24.3. The highest BCUT2D eigenvalue weighted by Crippen LogP contribution is 2.33. The van der Waals surface area contributed by atoms with Crippen LogP contribution in [0, 0.1) is 6.92 Å². The molecule has 184 valence electrons. The van der Waals surface area contributed by atoms with Gasteiger partial charge in [-0.25, -0.2) is 4.79 Å². The lowest BCUT2D eigenvalue weighted by Gasteiger charge is -2.28. The summed E-state index contributed by atoms with van der Waals surface area (Å²) in [4.78, 5) is 15.6. The van der Waals surface area contributed by atoms with Crippen molar-refractivity contribution in [2.24, 2.45) is 0 Å². The number of halogens is 2. The highest BCUT2D eigenvalue weighted by Gasteiger charge is 2.35. The van der Waals surface area contributed by atoms with Crippen LogP contribution in [-0.4, -0.2) is 32.2 Å². The average Bonchev–Trinajstić information content (AvgIpc) is 3.52. The monoisotopic (exact) mass is 519 g/mol. The van der Waals surface area contributed by atoms with E-state index in [1.807, 2.05) is 90.7 Å². The second-order valence-corrected chi connectivity index (χ2v) is 9.89. The van der Waals surface area contributed by atoms with E-state index in [0.717, 1.165) is 41.2 Å². The highest BCUT2D eigenvalue weighted by atomic mass is 35.5. The van der Waals surface area contributed by atoms with Gasteiger partial charge in [-0.3, -0.25) is 0 Å². The number of benzene rings is 3. The molecule has 1 fully saturated rings. The van der Waals surface area contributed by atoms with Gasteiger partial charge in [0.05, 0.1) is 18.6 Å². The summed E-state index contributed by atoms with van der Waals surface area (Å²) in [5.74, 6) is 1.62. The third kappa shape index (κ3) is 5.25. The summed E-state index contributed by atoms with van der Waals surface area (Å²) >= 11 is 12.2. The zero-order chi connectivity index (χ0) is 25.1. The molecule has 36 heavy (non-hydrogen) atoms. The average molecular weight is 520 g/mol. The number of likely N-dealkylation sites (tertiary alicyclic amines) is 1. The van der Waals surface area contributed by atoms with Crippen LogP contribution in [-0.2, 0) is 6.54 Å². The Labute approximate surface area is 220 Å². The number of hydrogen-bond acceptors (Lipinski definition) is 3. The van der Waals surface area contributed by atoms with Crippen molar-refractivity contribution in [3.8, 4) is 0 Å². The van der Waals surface area contributed by atoms with Gasteiger partial charge in [-0.05, 0) is 60.7 Å². The Kier molecular flexibility index (Phi) is 7.25. The fourth-order valence-corrected chi connectivity index (χ4v) is 5.01. The quantitative estimate of drug-likeness (QED) is 0.313. The van der Waals surface area contributed by atoms with E-state index in [9.17, 15) is 4.79 Å². The van der Waals surface area contributed by atoms with E-state index in [4.69, 9.17) is 23.2 Å². The standard InChI is InChI=1S/C28H27Cl2N5O/c1-19-32-33-27(35(19)18-20-9-13-23(29)14-10-20)25-8-5-17-34(25)28(36)31-26(21-6-3-2-4-7-21)22-11-15-24(30)16-12-22/h2-4,6-7,9-16,25-26H,5,8,17-18H2,1H3,(H,31,36). The normalized spacial score (nSPS) is 16.2. The topological polar surface area (TPSA) is 63.1 Å². The summed E-state index contributed by atoms with van der Waals surface area (Å²) in [5.41, 5.74) is 3.08. The van der Waals surface area contributed by atoms with Crippen molar-refractivity contribution in [2.45, 2.75) is 38.4 Å². The van der Waals surface area contributed by atoms with Crippen LogP contribution >= 0.6 is 23.2 Å². The molecule has 1 aliphatic rings. The van der Waals surface area contributed by atoms with Crippen LogP contribution in [0.15, 0.2) is 78.9 Å². The zero-order valence-corrected chi connectivity index (χ0v) is 21.5. The van der Waals surface area contributed by atoms with Gasteiger partial charge in [-0.1, -0.05) is 77.8 Å². The molecule has 0 saturated carbocycles. The van der Waals surface area contributed by atoms with Crippen LogP contribution in [0.1, 0.15) is 53.3 Å². The van der Waals surface area contributed by atoms with Gasteiger partial charge in [0, 0.05) is 16.6 Å². The van der Waals surface area contributed by atoms with E-state index >= 15 is 0 Å². The smallest absolute Gasteiger partial charge is 0.318 e. The van der Waals surface area contributed by atoms with Crippen LogP contribution in [0.25, 0.3) is 0 Å². The third-order valence-electron chi connectivity index (χ3n) is 6.63. The maximum Gasteiger partial charge on any atom is 0.318 e. The molecule has 1 saturated heterocycles. The Hall–Kier alpha value is -3.35. The molecule has 6 nitrogen and oxygen atoms in total. The van der Waals surface area contributed by atoms with Gasteiger partial charge < -0.3 is 14.8 Å². The molecule has 0 bridgehead atoms. The molecule has 2 atom stereocenters. The lowest BCUT2D eigenvalue weighted by atomic mass is 9.99.